The van der Waals surface area contributed by atoms with Gasteiger partial charge < -0.3 is 14.6 Å². The summed E-state index contributed by atoms with van der Waals surface area (Å²) in [6, 6.07) is 3.83. The molecule has 6 heteroatoms. The largest absolute Gasteiger partial charge is 0.467 e. The molecule has 1 fully saturated rings. The summed E-state index contributed by atoms with van der Waals surface area (Å²) in [5.74, 6) is 0.760. The number of nitrogens with one attached hydrogen (secondary N) is 1. The van der Waals surface area contributed by atoms with Gasteiger partial charge >= 0.3 is 6.03 Å². The van der Waals surface area contributed by atoms with Crippen molar-refractivity contribution in [2.75, 3.05) is 32.9 Å². The Morgan fingerprint density at radius 2 is 2.28 bits per heavy atom. The molecule has 0 bridgehead atoms. The Morgan fingerprint density at radius 3 is 3.08 bits per heavy atom. The SMILES string of the molecule is O=C(NCc1ccco1)N1CCCCC1C1=CCCN(CCCF)C1. The molecule has 0 spiro atoms. The van der Waals surface area contributed by atoms with Gasteiger partial charge in [0.15, 0.2) is 0 Å². The minimum atomic E-state index is -0.264. The van der Waals surface area contributed by atoms with Gasteiger partial charge in [0.2, 0.25) is 0 Å². The lowest BCUT2D eigenvalue weighted by molar-refractivity contribution is 0.155. The van der Waals surface area contributed by atoms with Crippen LogP contribution in [0.5, 0.6) is 0 Å². The van der Waals surface area contributed by atoms with Crippen LogP contribution >= 0.6 is 0 Å². The fourth-order valence-electron chi connectivity index (χ4n) is 3.79. The molecule has 25 heavy (non-hydrogen) atoms. The zero-order valence-electron chi connectivity index (χ0n) is 14.8. The van der Waals surface area contributed by atoms with E-state index in [9.17, 15) is 9.18 Å². The fraction of sp³-hybridized carbons (Fsp3) is 0.632. The number of carbonyl (C=O) groups excluding carboxylic acids is 1. The molecule has 1 unspecified atom stereocenters. The number of hydrogen-bond donors (Lipinski definition) is 1. The normalized spacial score (nSPS) is 21.9. The van der Waals surface area contributed by atoms with Gasteiger partial charge in [-0.25, -0.2) is 4.79 Å². The highest BCUT2D eigenvalue weighted by Gasteiger charge is 2.31. The van der Waals surface area contributed by atoms with Crippen molar-refractivity contribution >= 4 is 6.03 Å². The van der Waals surface area contributed by atoms with Gasteiger partial charge in [0.25, 0.3) is 0 Å². The van der Waals surface area contributed by atoms with Gasteiger partial charge in [0.05, 0.1) is 25.5 Å². The van der Waals surface area contributed by atoms with Gasteiger partial charge in [0, 0.05) is 26.2 Å². The van der Waals surface area contributed by atoms with Gasteiger partial charge in [0.1, 0.15) is 5.76 Å². The maximum atomic E-state index is 12.7. The van der Waals surface area contributed by atoms with Crippen LogP contribution in [0.15, 0.2) is 34.5 Å². The highest BCUT2D eigenvalue weighted by atomic mass is 19.1. The number of piperidine rings is 1. The monoisotopic (exact) mass is 349 g/mol. The van der Waals surface area contributed by atoms with Gasteiger partial charge in [-0.2, -0.15) is 0 Å². The Kier molecular flexibility index (Phi) is 6.50. The molecule has 0 saturated carbocycles. The van der Waals surface area contributed by atoms with Crippen LogP contribution in [-0.4, -0.2) is 54.7 Å². The van der Waals surface area contributed by atoms with Crippen molar-refractivity contribution < 1.29 is 13.6 Å². The topological polar surface area (TPSA) is 48.7 Å². The molecule has 2 aliphatic heterocycles. The first kappa shape index (κ1) is 18.0. The van der Waals surface area contributed by atoms with E-state index in [-0.39, 0.29) is 18.7 Å². The highest BCUT2D eigenvalue weighted by molar-refractivity contribution is 5.75. The Balaban J connectivity index is 1.60. The molecule has 1 N–H and O–H groups in total. The smallest absolute Gasteiger partial charge is 0.318 e. The quantitative estimate of drug-likeness (QED) is 0.802. The second kappa shape index (κ2) is 9.04. The van der Waals surface area contributed by atoms with Crippen molar-refractivity contribution in [1.82, 2.24) is 15.1 Å². The summed E-state index contributed by atoms with van der Waals surface area (Å²) < 4.78 is 17.7. The third-order valence-corrected chi connectivity index (χ3v) is 5.05. The van der Waals surface area contributed by atoms with Crippen LogP contribution in [0.1, 0.15) is 37.9 Å². The lowest BCUT2D eigenvalue weighted by Crippen LogP contribution is -2.51. The molecule has 3 rings (SSSR count). The number of carbonyl (C=O) groups is 1. The van der Waals surface area contributed by atoms with E-state index in [4.69, 9.17) is 4.42 Å². The Hall–Kier alpha value is -1.82. The molecule has 0 radical (unpaired) electrons. The molecule has 3 heterocycles. The molecule has 2 aliphatic rings. The highest BCUT2D eigenvalue weighted by Crippen LogP contribution is 2.26. The predicted molar refractivity (Wildman–Crippen MR) is 95.0 cm³/mol. The number of amides is 2. The van der Waals surface area contributed by atoms with E-state index in [1.165, 1.54) is 5.57 Å². The van der Waals surface area contributed by atoms with E-state index in [2.05, 4.69) is 16.3 Å². The van der Waals surface area contributed by atoms with E-state index in [0.29, 0.717) is 13.0 Å². The minimum absolute atomic E-state index is 0.0251. The summed E-state index contributed by atoms with van der Waals surface area (Å²) in [4.78, 5) is 17.0. The molecular weight excluding hydrogens is 321 g/mol. The Morgan fingerprint density at radius 1 is 1.36 bits per heavy atom. The summed E-state index contributed by atoms with van der Waals surface area (Å²) in [7, 11) is 0. The first-order valence-electron chi connectivity index (χ1n) is 9.32. The Labute approximate surface area is 148 Å². The summed E-state index contributed by atoms with van der Waals surface area (Å²) >= 11 is 0. The maximum Gasteiger partial charge on any atom is 0.318 e. The lowest BCUT2D eigenvalue weighted by Gasteiger charge is -2.40. The van der Waals surface area contributed by atoms with Crippen LogP contribution in [-0.2, 0) is 6.54 Å². The van der Waals surface area contributed by atoms with Crippen molar-refractivity contribution in [3.05, 3.63) is 35.8 Å². The second-order valence-electron chi connectivity index (χ2n) is 6.83. The number of urea groups is 1. The van der Waals surface area contributed by atoms with Crippen molar-refractivity contribution in [2.45, 2.75) is 44.7 Å². The Bertz CT molecular complexity index is 573. The molecule has 2 amide bonds. The average Bonchev–Trinajstić information content (AvgIpc) is 3.18. The zero-order valence-corrected chi connectivity index (χ0v) is 14.8. The molecule has 1 aromatic rings. The standard InChI is InChI=1S/C19H28FN3O2/c20-9-5-11-22-10-3-6-16(15-22)18-8-1-2-12-23(18)19(24)21-14-17-7-4-13-25-17/h4,6-7,13,18H,1-3,5,8-12,14-15H2,(H,21,24). The van der Waals surface area contributed by atoms with Crippen LogP contribution in [0.2, 0.25) is 0 Å². The number of halogens is 1. The van der Waals surface area contributed by atoms with E-state index in [1.54, 1.807) is 6.26 Å². The van der Waals surface area contributed by atoms with E-state index >= 15 is 0 Å². The van der Waals surface area contributed by atoms with Gasteiger partial charge in [-0.05, 0) is 49.8 Å². The molecule has 1 saturated heterocycles. The third-order valence-electron chi connectivity index (χ3n) is 5.05. The maximum absolute atomic E-state index is 12.7. The van der Waals surface area contributed by atoms with Crippen molar-refractivity contribution in [2.24, 2.45) is 0 Å². The average molecular weight is 349 g/mol. The number of rotatable bonds is 6. The van der Waals surface area contributed by atoms with Gasteiger partial charge in [-0.1, -0.05) is 6.08 Å². The first-order chi connectivity index (χ1) is 12.3. The summed E-state index contributed by atoms with van der Waals surface area (Å²) in [5.41, 5.74) is 1.32. The number of furan rings is 1. The van der Waals surface area contributed by atoms with Gasteiger partial charge in [-0.3, -0.25) is 9.29 Å². The fourth-order valence-corrected chi connectivity index (χ4v) is 3.79. The zero-order chi connectivity index (χ0) is 17.5. The molecule has 138 valence electrons. The van der Waals surface area contributed by atoms with Crippen LogP contribution in [0.4, 0.5) is 9.18 Å². The van der Waals surface area contributed by atoms with E-state index in [0.717, 1.165) is 57.6 Å². The molecule has 0 aliphatic carbocycles. The van der Waals surface area contributed by atoms with Gasteiger partial charge in [-0.15, -0.1) is 0 Å². The summed E-state index contributed by atoms with van der Waals surface area (Å²) in [6.07, 6.45) is 8.68. The third kappa shape index (κ3) is 4.84. The number of alkyl halides is 1. The summed E-state index contributed by atoms with van der Waals surface area (Å²) in [6.45, 7) is 3.58. The number of nitrogens with zero attached hydrogens (tertiary/aromatic N) is 2. The van der Waals surface area contributed by atoms with Crippen LogP contribution in [0, 0.1) is 0 Å². The van der Waals surface area contributed by atoms with E-state index < -0.39 is 0 Å². The van der Waals surface area contributed by atoms with Crippen molar-refractivity contribution in [3.63, 3.8) is 0 Å². The predicted octanol–water partition coefficient (Wildman–Crippen LogP) is 3.34. The molecular formula is C19H28FN3O2. The first-order valence-corrected chi connectivity index (χ1v) is 9.32. The number of hydrogen-bond acceptors (Lipinski definition) is 3. The summed E-state index contributed by atoms with van der Waals surface area (Å²) in [5, 5.41) is 2.97. The van der Waals surface area contributed by atoms with Crippen LogP contribution < -0.4 is 5.32 Å². The van der Waals surface area contributed by atoms with E-state index in [1.807, 2.05) is 17.0 Å². The minimum Gasteiger partial charge on any atom is -0.467 e. The van der Waals surface area contributed by atoms with Crippen LogP contribution in [0.25, 0.3) is 0 Å². The lowest BCUT2D eigenvalue weighted by atomic mass is 9.92. The molecule has 5 nitrogen and oxygen atoms in total. The van der Waals surface area contributed by atoms with Crippen molar-refractivity contribution in [3.8, 4) is 0 Å². The van der Waals surface area contributed by atoms with Crippen molar-refractivity contribution in [1.29, 1.82) is 0 Å². The molecule has 0 aromatic carbocycles. The molecule has 1 atom stereocenters. The second-order valence-corrected chi connectivity index (χ2v) is 6.83. The van der Waals surface area contributed by atoms with Crippen LogP contribution in [0.3, 0.4) is 0 Å². The number of likely N-dealkylation sites (tertiary alicyclic amines) is 1. The molecule has 1 aromatic heterocycles.